The molecule has 0 saturated heterocycles. The van der Waals surface area contributed by atoms with Crippen LogP contribution in [-0.2, 0) is 11.2 Å². The lowest BCUT2D eigenvalue weighted by Gasteiger charge is -2.29. The Kier molecular flexibility index (Phi) is 4.33. The fourth-order valence-electron chi connectivity index (χ4n) is 2.94. The molecule has 1 aromatic carbocycles. The molecule has 1 atom stereocenters. The van der Waals surface area contributed by atoms with Gasteiger partial charge in [0.25, 0.3) is 5.91 Å². The SMILES string of the molecule is CC(C1CC1)N(C(=O)COc1ccc(CC#N)cc1)C1CC1. The number of nitriles is 1. The predicted molar refractivity (Wildman–Crippen MR) is 83.3 cm³/mol. The summed E-state index contributed by atoms with van der Waals surface area (Å²) in [5.41, 5.74) is 0.961. The Morgan fingerprint density at radius 2 is 2.00 bits per heavy atom. The van der Waals surface area contributed by atoms with E-state index in [1.165, 1.54) is 12.8 Å². The van der Waals surface area contributed by atoms with Crippen LogP contribution in [0.1, 0.15) is 38.2 Å². The first kappa shape index (κ1) is 14.9. The summed E-state index contributed by atoms with van der Waals surface area (Å²) in [5, 5.41) is 8.65. The molecule has 4 heteroatoms. The topological polar surface area (TPSA) is 53.3 Å². The third-order valence-corrected chi connectivity index (χ3v) is 4.54. The van der Waals surface area contributed by atoms with Crippen LogP contribution < -0.4 is 4.74 Å². The van der Waals surface area contributed by atoms with Crippen LogP contribution in [0.4, 0.5) is 0 Å². The monoisotopic (exact) mass is 298 g/mol. The Balaban J connectivity index is 1.55. The van der Waals surface area contributed by atoms with Gasteiger partial charge < -0.3 is 9.64 Å². The second-order valence-electron chi connectivity index (χ2n) is 6.38. The van der Waals surface area contributed by atoms with E-state index in [4.69, 9.17) is 10.00 Å². The molecule has 0 spiro atoms. The molecule has 2 saturated carbocycles. The van der Waals surface area contributed by atoms with Gasteiger partial charge in [-0.05, 0) is 56.2 Å². The highest BCUT2D eigenvalue weighted by atomic mass is 16.5. The lowest BCUT2D eigenvalue weighted by molar-refractivity contribution is -0.136. The Hall–Kier alpha value is -2.02. The zero-order chi connectivity index (χ0) is 15.5. The Bertz CT molecular complexity index is 568. The van der Waals surface area contributed by atoms with Gasteiger partial charge in [-0.2, -0.15) is 5.26 Å². The number of rotatable bonds is 7. The third-order valence-electron chi connectivity index (χ3n) is 4.54. The summed E-state index contributed by atoms with van der Waals surface area (Å²) < 4.78 is 5.64. The van der Waals surface area contributed by atoms with Gasteiger partial charge in [-0.25, -0.2) is 0 Å². The molecule has 0 bridgehead atoms. The van der Waals surface area contributed by atoms with E-state index in [0.717, 1.165) is 18.4 Å². The molecule has 0 aliphatic heterocycles. The first-order chi connectivity index (χ1) is 10.7. The molecule has 1 amide bonds. The minimum atomic E-state index is 0.100. The summed E-state index contributed by atoms with van der Waals surface area (Å²) in [6.45, 7) is 2.27. The highest BCUT2D eigenvalue weighted by Gasteiger charge is 2.41. The van der Waals surface area contributed by atoms with Crippen LogP contribution in [-0.4, -0.2) is 29.5 Å². The number of hydrogen-bond acceptors (Lipinski definition) is 3. The van der Waals surface area contributed by atoms with Crippen molar-refractivity contribution in [3.8, 4) is 11.8 Å². The van der Waals surface area contributed by atoms with Crippen LogP contribution in [0.5, 0.6) is 5.75 Å². The summed E-state index contributed by atoms with van der Waals surface area (Å²) in [4.78, 5) is 14.6. The Morgan fingerprint density at radius 3 is 2.55 bits per heavy atom. The third kappa shape index (κ3) is 3.59. The second-order valence-corrected chi connectivity index (χ2v) is 6.38. The summed E-state index contributed by atoms with van der Waals surface area (Å²) in [6.07, 6.45) is 5.16. The molecule has 22 heavy (non-hydrogen) atoms. The van der Waals surface area contributed by atoms with Crippen molar-refractivity contribution in [2.24, 2.45) is 5.92 Å². The highest BCUT2D eigenvalue weighted by molar-refractivity contribution is 5.79. The van der Waals surface area contributed by atoms with Crippen LogP contribution in [0.15, 0.2) is 24.3 Å². The lowest BCUT2D eigenvalue weighted by atomic mass is 10.1. The first-order valence-corrected chi connectivity index (χ1v) is 8.09. The van der Waals surface area contributed by atoms with Crippen LogP contribution in [0.2, 0.25) is 0 Å². The molecular formula is C18H22N2O2. The van der Waals surface area contributed by atoms with E-state index in [9.17, 15) is 4.79 Å². The number of carbonyl (C=O) groups excluding carboxylic acids is 1. The van der Waals surface area contributed by atoms with Crippen LogP contribution >= 0.6 is 0 Å². The number of hydrogen-bond donors (Lipinski definition) is 0. The van der Waals surface area contributed by atoms with Gasteiger partial charge in [0, 0.05) is 12.1 Å². The van der Waals surface area contributed by atoms with Crippen LogP contribution in [0.25, 0.3) is 0 Å². The van der Waals surface area contributed by atoms with E-state index in [0.29, 0.717) is 30.2 Å². The van der Waals surface area contributed by atoms with Crippen LogP contribution in [0, 0.1) is 17.2 Å². The zero-order valence-electron chi connectivity index (χ0n) is 13.0. The molecule has 0 N–H and O–H groups in total. The van der Waals surface area contributed by atoms with Gasteiger partial charge in [0.15, 0.2) is 6.61 Å². The van der Waals surface area contributed by atoms with Gasteiger partial charge in [-0.15, -0.1) is 0 Å². The van der Waals surface area contributed by atoms with Gasteiger partial charge in [0.2, 0.25) is 0 Å². The zero-order valence-corrected chi connectivity index (χ0v) is 13.0. The van der Waals surface area contributed by atoms with E-state index in [-0.39, 0.29) is 12.5 Å². The average Bonchev–Trinajstić information content (AvgIpc) is 3.39. The predicted octanol–water partition coefficient (Wildman–Crippen LogP) is 2.92. The molecule has 3 rings (SSSR count). The molecular weight excluding hydrogens is 276 g/mol. The number of ether oxygens (including phenoxy) is 1. The maximum Gasteiger partial charge on any atom is 0.261 e. The van der Waals surface area contributed by atoms with Crippen molar-refractivity contribution in [3.05, 3.63) is 29.8 Å². The minimum absolute atomic E-state index is 0.100. The van der Waals surface area contributed by atoms with Gasteiger partial charge in [-0.1, -0.05) is 12.1 Å². The smallest absolute Gasteiger partial charge is 0.261 e. The highest BCUT2D eigenvalue weighted by Crippen LogP contribution is 2.39. The van der Waals surface area contributed by atoms with Crippen molar-refractivity contribution in [2.45, 2.75) is 51.1 Å². The molecule has 2 aliphatic rings. The molecule has 0 aromatic heterocycles. The molecule has 2 aliphatic carbocycles. The fourth-order valence-corrected chi connectivity index (χ4v) is 2.94. The van der Waals surface area contributed by atoms with Crippen molar-refractivity contribution in [3.63, 3.8) is 0 Å². The average molecular weight is 298 g/mol. The van der Waals surface area contributed by atoms with E-state index >= 15 is 0 Å². The molecule has 2 fully saturated rings. The number of benzene rings is 1. The Labute approximate surface area is 131 Å². The van der Waals surface area contributed by atoms with Crippen molar-refractivity contribution in [1.82, 2.24) is 4.90 Å². The van der Waals surface area contributed by atoms with Gasteiger partial charge in [0.05, 0.1) is 12.5 Å². The molecule has 1 aromatic rings. The van der Waals surface area contributed by atoms with Crippen molar-refractivity contribution < 1.29 is 9.53 Å². The van der Waals surface area contributed by atoms with Gasteiger partial charge >= 0.3 is 0 Å². The molecule has 1 unspecified atom stereocenters. The van der Waals surface area contributed by atoms with Gasteiger partial charge in [0.1, 0.15) is 5.75 Å². The quantitative estimate of drug-likeness (QED) is 0.777. The lowest BCUT2D eigenvalue weighted by Crippen LogP contribution is -2.44. The van der Waals surface area contributed by atoms with Gasteiger partial charge in [-0.3, -0.25) is 4.79 Å². The number of amides is 1. The van der Waals surface area contributed by atoms with Crippen LogP contribution in [0.3, 0.4) is 0 Å². The largest absolute Gasteiger partial charge is 0.484 e. The summed E-state index contributed by atoms with van der Waals surface area (Å²) in [7, 11) is 0. The van der Waals surface area contributed by atoms with Crippen molar-refractivity contribution in [2.75, 3.05) is 6.61 Å². The van der Waals surface area contributed by atoms with E-state index < -0.39 is 0 Å². The van der Waals surface area contributed by atoms with E-state index in [1.807, 2.05) is 24.3 Å². The first-order valence-electron chi connectivity index (χ1n) is 8.09. The normalized spacial score (nSPS) is 18.4. The summed E-state index contributed by atoms with van der Waals surface area (Å²) in [5.74, 6) is 1.47. The fraction of sp³-hybridized carbons (Fsp3) is 0.556. The standard InChI is InChI=1S/C18H22N2O2/c1-13(15-4-5-15)20(16-6-7-16)18(21)12-22-17-8-2-14(3-9-17)10-11-19/h2-3,8-9,13,15-16H,4-7,10,12H2,1H3. The van der Waals surface area contributed by atoms with E-state index in [2.05, 4.69) is 17.9 Å². The minimum Gasteiger partial charge on any atom is -0.484 e. The molecule has 4 nitrogen and oxygen atoms in total. The maximum absolute atomic E-state index is 12.5. The summed E-state index contributed by atoms with van der Waals surface area (Å²) in [6, 6.07) is 10.3. The second kappa shape index (κ2) is 6.39. The molecule has 0 heterocycles. The number of carbonyl (C=O) groups is 1. The number of nitrogens with zero attached hydrogens (tertiary/aromatic N) is 2. The van der Waals surface area contributed by atoms with E-state index in [1.54, 1.807) is 0 Å². The van der Waals surface area contributed by atoms with Crippen molar-refractivity contribution >= 4 is 5.91 Å². The Morgan fingerprint density at radius 1 is 1.32 bits per heavy atom. The molecule has 116 valence electrons. The van der Waals surface area contributed by atoms with Crippen molar-refractivity contribution in [1.29, 1.82) is 5.26 Å². The summed E-state index contributed by atoms with van der Waals surface area (Å²) >= 11 is 0. The maximum atomic E-state index is 12.5. The molecule has 0 radical (unpaired) electrons.